The molecule has 8 rings (SSSR count). The van der Waals surface area contributed by atoms with E-state index in [-0.39, 0.29) is 33.9 Å². The quantitative estimate of drug-likeness (QED) is 0.309. The minimum absolute atomic E-state index is 0.0823. The summed E-state index contributed by atoms with van der Waals surface area (Å²) in [5, 5.41) is 20.9. The van der Waals surface area contributed by atoms with Crippen molar-refractivity contribution in [2.45, 2.75) is 143 Å². The van der Waals surface area contributed by atoms with Crippen LogP contribution in [0.4, 0.5) is 0 Å². The van der Waals surface area contributed by atoms with Crippen LogP contribution >= 0.6 is 0 Å². The zero-order valence-corrected chi connectivity index (χ0v) is 26.8. The van der Waals surface area contributed by atoms with Gasteiger partial charge in [-0.2, -0.15) is 0 Å². The third-order valence-corrected chi connectivity index (χ3v) is 15.8. The van der Waals surface area contributed by atoms with Gasteiger partial charge in [0.15, 0.2) is 11.6 Å². The van der Waals surface area contributed by atoms with Crippen LogP contribution in [0.1, 0.15) is 130 Å². The first-order chi connectivity index (χ1) is 19.9. The summed E-state index contributed by atoms with van der Waals surface area (Å²) < 4.78 is 0. The number of hydrogen-bond donors (Lipinski definition) is 2. The number of carbonyl (C=O) groups excluding carboxylic acids is 2. The average molecular weight is 577 g/mol. The van der Waals surface area contributed by atoms with Crippen LogP contribution in [0.15, 0.2) is 23.3 Å². The normalized spacial score (nSPS) is 52.7. The van der Waals surface area contributed by atoms with Crippen LogP contribution in [0.3, 0.4) is 0 Å². The van der Waals surface area contributed by atoms with E-state index in [2.05, 4.69) is 27.7 Å². The molecule has 0 aliphatic heterocycles. The van der Waals surface area contributed by atoms with Gasteiger partial charge in [-0.25, -0.2) is 0 Å². The second kappa shape index (κ2) is 10.1. The SMILES string of the molecule is C[C@]12CCC(=O)C=C1CC[C@@H]1[C@@H]2CC[C@]2(C)C(O)CC[C@@H]12.C[C@]12CC[C@H]3[C@@H](CCC4=CC(=O)CC[C@@]43C)[C@@H]1CC[C@@H]2O. The standard InChI is InChI=1S/2C19H28O2/c2*1-18-9-7-13(20)11-12(18)3-4-14-15-5-6-17(21)19(15,2)10-8-16(14)18/h2*11,14-17,21H,3-10H2,1-2H3/t14-,15-,16-,17?,18-,19-;14-,15-,16-,17-,18-,19-/m00/s1. The molecule has 0 aromatic carbocycles. The maximum Gasteiger partial charge on any atom is 0.155 e. The van der Waals surface area contributed by atoms with Crippen molar-refractivity contribution in [2.24, 2.45) is 57.2 Å². The number of aliphatic hydroxyl groups excluding tert-OH is 2. The van der Waals surface area contributed by atoms with Crippen molar-refractivity contribution in [1.82, 2.24) is 0 Å². The Bertz CT molecular complexity index is 1110. The van der Waals surface area contributed by atoms with Gasteiger partial charge in [0, 0.05) is 12.8 Å². The zero-order chi connectivity index (χ0) is 29.7. The molecule has 8 aliphatic rings. The van der Waals surface area contributed by atoms with E-state index in [0.717, 1.165) is 75.0 Å². The second-order valence-corrected chi connectivity index (χ2v) is 17.2. The Morgan fingerprint density at radius 2 is 0.929 bits per heavy atom. The Balaban J connectivity index is 0.000000137. The highest BCUT2D eigenvalue weighted by molar-refractivity contribution is 5.92. The Kier molecular flexibility index (Phi) is 7.10. The van der Waals surface area contributed by atoms with Crippen LogP contribution in [-0.4, -0.2) is 34.0 Å². The molecule has 1 unspecified atom stereocenters. The van der Waals surface area contributed by atoms with Gasteiger partial charge in [-0.1, -0.05) is 38.8 Å². The first-order valence-electron chi connectivity index (χ1n) is 17.7. The van der Waals surface area contributed by atoms with Crippen LogP contribution in [0.5, 0.6) is 0 Å². The number of ketones is 2. The van der Waals surface area contributed by atoms with E-state index in [4.69, 9.17) is 0 Å². The van der Waals surface area contributed by atoms with Crippen molar-refractivity contribution >= 4 is 11.6 Å². The fourth-order valence-electron chi connectivity index (χ4n) is 13.1. The van der Waals surface area contributed by atoms with Gasteiger partial charge in [0.2, 0.25) is 0 Å². The van der Waals surface area contributed by atoms with Crippen molar-refractivity contribution in [2.75, 3.05) is 0 Å². The highest BCUT2D eigenvalue weighted by Crippen LogP contribution is 2.66. The van der Waals surface area contributed by atoms with E-state index >= 15 is 0 Å². The number of fused-ring (bicyclic) bond motifs is 10. The van der Waals surface area contributed by atoms with Gasteiger partial charge in [-0.3, -0.25) is 9.59 Å². The number of aliphatic hydroxyl groups is 2. The fourth-order valence-corrected chi connectivity index (χ4v) is 13.1. The first kappa shape index (κ1) is 29.5. The highest BCUT2D eigenvalue weighted by atomic mass is 16.3. The van der Waals surface area contributed by atoms with Gasteiger partial charge in [-0.15, -0.1) is 0 Å². The molecule has 2 N–H and O–H groups in total. The van der Waals surface area contributed by atoms with Crippen molar-refractivity contribution in [3.8, 4) is 0 Å². The van der Waals surface area contributed by atoms with E-state index in [9.17, 15) is 19.8 Å². The van der Waals surface area contributed by atoms with Crippen molar-refractivity contribution in [1.29, 1.82) is 0 Å². The third kappa shape index (κ3) is 4.19. The molecule has 0 aromatic heterocycles. The van der Waals surface area contributed by atoms with Crippen molar-refractivity contribution in [3.63, 3.8) is 0 Å². The molecule has 0 bridgehead atoms. The summed E-state index contributed by atoms with van der Waals surface area (Å²) in [6.45, 7) is 9.53. The predicted octanol–water partition coefficient (Wildman–Crippen LogP) is 7.76. The van der Waals surface area contributed by atoms with Crippen molar-refractivity contribution < 1.29 is 19.8 Å². The van der Waals surface area contributed by atoms with Crippen LogP contribution in [-0.2, 0) is 9.59 Å². The van der Waals surface area contributed by atoms with Gasteiger partial charge in [0.05, 0.1) is 12.2 Å². The first-order valence-corrected chi connectivity index (χ1v) is 17.7. The average Bonchev–Trinajstić information content (AvgIpc) is 3.44. The van der Waals surface area contributed by atoms with Crippen LogP contribution in [0.2, 0.25) is 0 Å². The summed E-state index contributed by atoms with van der Waals surface area (Å²) in [6, 6.07) is 0. The Hall–Kier alpha value is -1.26. The Morgan fingerprint density at radius 3 is 1.33 bits per heavy atom. The maximum atomic E-state index is 11.8. The summed E-state index contributed by atoms with van der Waals surface area (Å²) in [7, 11) is 0. The maximum absolute atomic E-state index is 11.8. The molecule has 0 spiro atoms. The van der Waals surface area contributed by atoms with E-state index in [1.165, 1.54) is 62.5 Å². The molecule has 0 heterocycles. The number of allylic oxidation sites excluding steroid dienone is 2. The molecular formula is C38H56O4. The zero-order valence-electron chi connectivity index (χ0n) is 26.8. The summed E-state index contributed by atoms with van der Waals surface area (Å²) >= 11 is 0. The molecule has 6 saturated carbocycles. The Labute approximate surface area is 254 Å². The molecule has 8 aliphatic carbocycles. The van der Waals surface area contributed by atoms with Crippen LogP contribution in [0, 0.1) is 57.2 Å². The lowest BCUT2D eigenvalue weighted by Gasteiger charge is -2.57. The molecule has 0 radical (unpaired) electrons. The number of rotatable bonds is 0. The number of carbonyl (C=O) groups is 2. The minimum Gasteiger partial charge on any atom is -0.393 e. The minimum atomic E-state index is -0.0823. The van der Waals surface area contributed by atoms with E-state index in [1.54, 1.807) is 0 Å². The number of hydrogen-bond acceptors (Lipinski definition) is 4. The molecule has 6 fully saturated rings. The largest absolute Gasteiger partial charge is 0.393 e. The van der Waals surface area contributed by atoms with Crippen LogP contribution < -0.4 is 0 Å². The summed E-state index contributed by atoms with van der Waals surface area (Å²) in [5.41, 5.74) is 3.77. The van der Waals surface area contributed by atoms with Crippen molar-refractivity contribution in [3.05, 3.63) is 23.3 Å². The van der Waals surface area contributed by atoms with E-state index < -0.39 is 0 Å². The third-order valence-electron chi connectivity index (χ3n) is 15.8. The van der Waals surface area contributed by atoms with Gasteiger partial charge >= 0.3 is 0 Å². The van der Waals surface area contributed by atoms with Gasteiger partial charge in [0.25, 0.3) is 0 Å². The smallest absolute Gasteiger partial charge is 0.155 e. The molecule has 0 amide bonds. The lowest BCUT2D eigenvalue weighted by molar-refractivity contribution is -0.118. The van der Waals surface area contributed by atoms with E-state index in [1.807, 2.05) is 12.2 Å². The molecule has 232 valence electrons. The lowest BCUT2D eigenvalue weighted by Crippen LogP contribution is -2.51. The predicted molar refractivity (Wildman–Crippen MR) is 165 cm³/mol. The van der Waals surface area contributed by atoms with Gasteiger partial charge < -0.3 is 10.2 Å². The molecular weight excluding hydrogens is 520 g/mol. The highest BCUT2D eigenvalue weighted by Gasteiger charge is 2.60. The monoisotopic (exact) mass is 576 g/mol. The van der Waals surface area contributed by atoms with E-state index in [0.29, 0.717) is 23.4 Å². The van der Waals surface area contributed by atoms with Gasteiger partial charge in [-0.05, 0) is 159 Å². The Morgan fingerprint density at radius 1 is 0.524 bits per heavy atom. The molecule has 42 heavy (non-hydrogen) atoms. The van der Waals surface area contributed by atoms with Crippen LogP contribution in [0.25, 0.3) is 0 Å². The molecule has 4 nitrogen and oxygen atoms in total. The summed E-state index contributed by atoms with van der Waals surface area (Å²) in [6.07, 6.45) is 21.4. The molecule has 12 atom stereocenters. The summed E-state index contributed by atoms with van der Waals surface area (Å²) in [5.74, 6) is 5.15. The molecule has 0 saturated heterocycles. The lowest BCUT2D eigenvalue weighted by atomic mass is 9.47. The summed E-state index contributed by atoms with van der Waals surface area (Å²) in [4.78, 5) is 23.6. The second-order valence-electron chi connectivity index (χ2n) is 17.2. The topological polar surface area (TPSA) is 74.6 Å². The molecule has 0 aromatic rings. The van der Waals surface area contributed by atoms with Gasteiger partial charge in [0.1, 0.15) is 0 Å². The molecule has 4 heteroatoms. The fraction of sp³-hybridized carbons (Fsp3) is 0.842.